The average Bonchev–Trinajstić information content (AvgIpc) is 3.05. The topological polar surface area (TPSA) is 76.4 Å². The highest BCUT2D eigenvalue weighted by Gasteiger charge is 2.14. The number of aryl methyl sites for hydroxylation is 2. The number of oxime groups is 1. The molecule has 0 unspecified atom stereocenters. The fourth-order valence-electron chi connectivity index (χ4n) is 2.38. The molecule has 0 saturated carbocycles. The Morgan fingerprint density at radius 3 is 3.06 bits per heavy atom. The maximum Gasteiger partial charge on any atom is 0.187 e. The number of hydrogen-bond donors (Lipinski definition) is 2. The zero-order valence-electron chi connectivity index (χ0n) is 9.87. The minimum atomic E-state index is 0.0855. The van der Waals surface area contributed by atoms with E-state index >= 15 is 0 Å². The molecule has 0 aliphatic heterocycles. The highest BCUT2D eigenvalue weighted by Crippen LogP contribution is 2.22. The summed E-state index contributed by atoms with van der Waals surface area (Å²) in [5, 5.41) is 11.8. The van der Waals surface area contributed by atoms with Crippen LogP contribution in [0.4, 0.5) is 0 Å². The fourth-order valence-corrected chi connectivity index (χ4v) is 2.38. The van der Waals surface area contributed by atoms with Crippen molar-refractivity contribution in [2.75, 3.05) is 0 Å². The second-order valence-corrected chi connectivity index (χ2v) is 4.38. The van der Waals surface area contributed by atoms with Gasteiger partial charge >= 0.3 is 0 Å². The molecule has 2 aromatic rings. The molecule has 3 rings (SSSR count). The lowest BCUT2D eigenvalue weighted by atomic mass is 10.2. The Morgan fingerprint density at radius 1 is 1.33 bits per heavy atom. The van der Waals surface area contributed by atoms with Gasteiger partial charge < -0.3 is 10.9 Å². The van der Waals surface area contributed by atoms with E-state index in [9.17, 15) is 0 Å². The lowest BCUT2D eigenvalue weighted by Gasteiger charge is -2.08. The van der Waals surface area contributed by atoms with Gasteiger partial charge in [-0.05, 0) is 43.0 Å². The second kappa shape index (κ2) is 4.18. The van der Waals surface area contributed by atoms with Crippen LogP contribution in [0.3, 0.4) is 0 Å². The molecule has 0 radical (unpaired) electrons. The molecule has 0 aromatic carbocycles. The molecule has 2 heterocycles. The van der Waals surface area contributed by atoms with Crippen LogP contribution in [0.25, 0.3) is 5.82 Å². The maximum atomic E-state index is 8.76. The predicted molar refractivity (Wildman–Crippen MR) is 68.1 cm³/mol. The van der Waals surface area contributed by atoms with Gasteiger partial charge in [0.15, 0.2) is 5.84 Å². The van der Waals surface area contributed by atoms with E-state index in [1.807, 2.05) is 22.9 Å². The molecule has 5 nitrogen and oxygen atoms in total. The molecule has 0 saturated heterocycles. The van der Waals surface area contributed by atoms with Gasteiger partial charge in [0.25, 0.3) is 0 Å². The standard InChI is InChI=1S/C13H14N4O/c14-13(16-18)11-5-2-8-17(11)12-7-6-9-3-1-4-10(9)15-12/h2,5-8,18H,1,3-4H2,(H2,14,16). The zero-order valence-corrected chi connectivity index (χ0v) is 9.87. The molecule has 5 heteroatoms. The lowest BCUT2D eigenvalue weighted by molar-refractivity contribution is 0.318. The van der Waals surface area contributed by atoms with E-state index in [2.05, 4.69) is 16.2 Å². The van der Waals surface area contributed by atoms with E-state index in [-0.39, 0.29) is 5.84 Å². The van der Waals surface area contributed by atoms with E-state index in [4.69, 9.17) is 10.9 Å². The Labute approximate surface area is 105 Å². The van der Waals surface area contributed by atoms with E-state index in [1.165, 1.54) is 12.0 Å². The Hall–Kier alpha value is -2.30. The normalized spacial score (nSPS) is 14.8. The van der Waals surface area contributed by atoms with Crippen LogP contribution in [0.1, 0.15) is 23.4 Å². The van der Waals surface area contributed by atoms with E-state index in [1.54, 1.807) is 6.07 Å². The van der Waals surface area contributed by atoms with Crippen molar-refractivity contribution in [2.45, 2.75) is 19.3 Å². The number of nitrogens with two attached hydrogens (primary N) is 1. The summed E-state index contributed by atoms with van der Waals surface area (Å²) in [7, 11) is 0. The van der Waals surface area contributed by atoms with Crippen molar-refractivity contribution >= 4 is 5.84 Å². The number of amidine groups is 1. The number of fused-ring (bicyclic) bond motifs is 1. The summed E-state index contributed by atoms with van der Waals surface area (Å²) < 4.78 is 1.83. The third-order valence-corrected chi connectivity index (χ3v) is 3.28. The van der Waals surface area contributed by atoms with Crippen LogP contribution < -0.4 is 5.73 Å². The molecule has 0 spiro atoms. The molecule has 18 heavy (non-hydrogen) atoms. The highest BCUT2D eigenvalue weighted by molar-refractivity contribution is 5.96. The van der Waals surface area contributed by atoms with Crippen molar-refractivity contribution < 1.29 is 5.21 Å². The number of rotatable bonds is 2. The number of hydrogen-bond acceptors (Lipinski definition) is 3. The van der Waals surface area contributed by atoms with Crippen LogP contribution in [-0.2, 0) is 12.8 Å². The third kappa shape index (κ3) is 1.64. The average molecular weight is 242 g/mol. The van der Waals surface area contributed by atoms with Gasteiger partial charge in [-0.1, -0.05) is 11.2 Å². The first-order valence-electron chi connectivity index (χ1n) is 5.94. The van der Waals surface area contributed by atoms with Crippen molar-refractivity contribution in [2.24, 2.45) is 10.9 Å². The van der Waals surface area contributed by atoms with Crippen molar-refractivity contribution in [3.63, 3.8) is 0 Å². The summed E-state index contributed by atoms with van der Waals surface area (Å²) in [6.07, 6.45) is 5.17. The van der Waals surface area contributed by atoms with Crippen LogP contribution >= 0.6 is 0 Å². The first-order chi connectivity index (χ1) is 8.79. The third-order valence-electron chi connectivity index (χ3n) is 3.28. The first-order valence-corrected chi connectivity index (χ1v) is 5.94. The number of pyridine rings is 1. The van der Waals surface area contributed by atoms with Gasteiger partial charge in [-0.2, -0.15) is 0 Å². The molecule has 1 aliphatic carbocycles. The predicted octanol–water partition coefficient (Wildman–Crippen LogP) is 1.46. The minimum absolute atomic E-state index is 0.0855. The number of aromatic nitrogens is 2. The van der Waals surface area contributed by atoms with Gasteiger partial charge in [0.1, 0.15) is 5.82 Å². The molecular weight excluding hydrogens is 228 g/mol. The van der Waals surface area contributed by atoms with Gasteiger partial charge in [-0.25, -0.2) is 4.98 Å². The van der Waals surface area contributed by atoms with Crippen molar-refractivity contribution in [3.05, 3.63) is 47.4 Å². The molecule has 92 valence electrons. The summed E-state index contributed by atoms with van der Waals surface area (Å²) in [4.78, 5) is 4.64. The van der Waals surface area contributed by atoms with Gasteiger partial charge in [0.2, 0.25) is 0 Å². The van der Waals surface area contributed by atoms with E-state index < -0.39 is 0 Å². The lowest BCUT2D eigenvalue weighted by Crippen LogP contribution is -2.18. The van der Waals surface area contributed by atoms with Crippen molar-refractivity contribution in [3.8, 4) is 5.82 Å². The van der Waals surface area contributed by atoms with Gasteiger partial charge in [0.05, 0.1) is 5.69 Å². The Morgan fingerprint density at radius 2 is 2.22 bits per heavy atom. The minimum Gasteiger partial charge on any atom is -0.409 e. The maximum absolute atomic E-state index is 8.76. The summed E-state index contributed by atoms with van der Waals surface area (Å²) in [5.41, 5.74) is 8.77. The molecule has 1 aliphatic rings. The summed E-state index contributed by atoms with van der Waals surface area (Å²) in [6, 6.07) is 7.73. The van der Waals surface area contributed by atoms with Crippen LogP contribution in [0, 0.1) is 0 Å². The van der Waals surface area contributed by atoms with Gasteiger partial charge in [-0.3, -0.25) is 4.57 Å². The Bertz CT molecular complexity index is 615. The number of nitrogens with zero attached hydrogens (tertiary/aromatic N) is 3. The molecule has 3 N–H and O–H groups in total. The van der Waals surface area contributed by atoms with Crippen LogP contribution in [0.5, 0.6) is 0 Å². The Kier molecular flexibility index (Phi) is 2.51. The fraction of sp³-hybridized carbons (Fsp3) is 0.231. The van der Waals surface area contributed by atoms with Crippen LogP contribution in [0.15, 0.2) is 35.6 Å². The first kappa shape index (κ1) is 10.8. The SMILES string of the molecule is N/C(=N/O)c1cccn1-c1ccc2c(n1)CCC2. The molecule has 0 bridgehead atoms. The Balaban J connectivity index is 2.08. The van der Waals surface area contributed by atoms with Gasteiger partial charge in [0, 0.05) is 11.9 Å². The quantitative estimate of drug-likeness (QED) is 0.362. The summed E-state index contributed by atoms with van der Waals surface area (Å²) >= 11 is 0. The zero-order chi connectivity index (χ0) is 12.5. The largest absolute Gasteiger partial charge is 0.409 e. The van der Waals surface area contributed by atoms with Crippen molar-refractivity contribution in [1.82, 2.24) is 9.55 Å². The van der Waals surface area contributed by atoms with E-state index in [0.717, 1.165) is 24.4 Å². The molecule has 0 fully saturated rings. The smallest absolute Gasteiger partial charge is 0.187 e. The second-order valence-electron chi connectivity index (χ2n) is 4.38. The highest BCUT2D eigenvalue weighted by atomic mass is 16.4. The van der Waals surface area contributed by atoms with Gasteiger partial charge in [-0.15, -0.1) is 0 Å². The van der Waals surface area contributed by atoms with Crippen molar-refractivity contribution in [1.29, 1.82) is 0 Å². The van der Waals surface area contributed by atoms with Crippen LogP contribution in [0.2, 0.25) is 0 Å². The van der Waals surface area contributed by atoms with Crippen LogP contribution in [-0.4, -0.2) is 20.6 Å². The summed E-state index contributed by atoms with van der Waals surface area (Å²) in [6.45, 7) is 0. The molecule has 2 aromatic heterocycles. The van der Waals surface area contributed by atoms with E-state index in [0.29, 0.717) is 5.69 Å². The monoisotopic (exact) mass is 242 g/mol. The molecule has 0 atom stereocenters. The molecular formula is C13H14N4O. The summed E-state index contributed by atoms with van der Waals surface area (Å²) in [5.74, 6) is 0.893. The molecule has 0 amide bonds.